The molecule has 2 rings (SSSR count). The lowest BCUT2D eigenvalue weighted by Crippen LogP contribution is -2.35. The normalized spacial score (nSPS) is 13.2. The van der Waals surface area contributed by atoms with Gasteiger partial charge in [0, 0.05) is 18.5 Å². The Bertz CT molecular complexity index is 902. The molecule has 0 spiro atoms. The second-order valence-corrected chi connectivity index (χ2v) is 11.7. The first kappa shape index (κ1) is 21.6. The highest BCUT2D eigenvalue weighted by Crippen LogP contribution is 2.28. The SMILES string of the molecule is CN(CC(=O)Nc1cc(C(C)(C)C)nn1C(C)(C)C)S(=O)(=O)c1cccs1. The summed E-state index contributed by atoms with van der Waals surface area (Å²) < 4.78 is 28.0. The van der Waals surface area contributed by atoms with E-state index in [1.807, 2.05) is 26.8 Å². The molecular formula is C18H28N4O3S2. The summed E-state index contributed by atoms with van der Waals surface area (Å²) in [4.78, 5) is 12.5. The molecule has 27 heavy (non-hydrogen) atoms. The molecule has 0 bridgehead atoms. The van der Waals surface area contributed by atoms with Gasteiger partial charge in [-0.1, -0.05) is 26.8 Å². The van der Waals surface area contributed by atoms with Crippen LogP contribution < -0.4 is 5.32 Å². The first-order valence-electron chi connectivity index (χ1n) is 8.63. The third-order valence-electron chi connectivity index (χ3n) is 3.91. The Morgan fingerprint density at radius 2 is 1.89 bits per heavy atom. The molecule has 2 aromatic heterocycles. The van der Waals surface area contributed by atoms with E-state index >= 15 is 0 Å². The highest BCUT2D eigenvalue weighted by molar-refractivity contribution is 7.91. The zero-order valence-corrected chi connectivity index (χ0v) is 18.5. The molecular weight excluding hydrogens is 384 g/mol. The van der Waals surface area contributed by atoms with Crippen LogP contribution in [0.25, 0.3) is 0 Å². The predicted molar refractivity (Wildman–Crippen MR) is 109 cm³/mol. The van der Waals surface area contributed by atoms with Crippen LogP contribution in [0.1, 0.15) is 47.2 Å². The zero-order chi connectivity index (χ0) is 20.6. The van der Waals surface area contributed by atoms with Crippen molar-refractivity contribution in [1.82, 2.24) is 14.1 Å². The summed E-state index contributed by atoms with van der Waals surface area (Å²) in [5, 5.41) is 9.15. The topological polar surface area (TPSA) is 84.3 Å². The van der Waals surface area contributed by atoms with Gasteiger partial charge in [0.1, 0.15) is 10.0 Å². The van der Waals surface area contributed by atoms with Crippen LogP contribution in [0.2, 0.25) is 0 Å². The van der Waals surface area contributed by atoms with Crippen molar-refractivity contribution in [2.45, 2.75) is 56.7 Å². The number of hydrogen-bond donors (Lipinski definition) is 1. The Hall–Kier alpha value is -1.71. The number of anilines is 1. The van der Waals surface area contributed by atoms with Gasteiger partial charge in [-0.05, 0) is 32.2 Å². The fraction of sp³-hybridized carbons (Fsp3) is 0.556. The Morgan fingerprint density at radius 1 is 1.26 bits per heavy atom. The Morgan fingerprint density at radius 3 is 2.37 bits per heavy atom. The van der Waals surface area contributed by atoms with Crippen LogP contribution in [0.4, 0.5) is 5.82 Å². The number of thiophene rings is 1. The second-order valence-electron chi connectivity index (χ2n) is 8.49. The van der Waals surface area contributed by atoms with E-state index in [2.05, 4.69) is 31.2 Å². The summed E-state index contributed by atoms with van der Waals surface area (Å²) in [6.07, 6.45) is 0. The minimum absolute atomic E-state index is 0.171. The van der Waals surface area contributed by atoms with E-state index in [-0.39, 0.29) is 21.7 Å². The monoisotopic (exact) mass is 412 g/mol. The van der Waals surface area contributed by atoms with Crippen LogP contribution in [0.5, 0.6) is 0 Å². The van der Waals surface area contributed by atoms with E-state index in [9.17, 15) is 13.2 Å². The standard InChI is InChI=1S/C18H28N4O3S2/c1-17(2,3)13-11-14(22(20-13)18(4,5)6)19-15(23)12-21(7)27(24,25)16-9-8-10-26-16/h8-11H,12H2,1-7H3,(H,19,23). The van der Waals surface area contributed by atoms with E-state index in [0.717, 1.165) is 21.3 Å². The molecule has 0 saturated carbocycles. The van der Waals surface area contributed by atoms with Gasteiger partial charge in [0.2, 0.25) is 5.91 Å². The molecule has 0 aliphatic heterocycles. The maximum absolute atomic E-state index is 12.5. The van der Waals surface area contributed by atoms with Gasteiger partial charge in [-0.2, -0.15) is 9.40 Å². The van der Waals surface area contributed by atoms with Gasteiger partial charge in [0.25, 0.3) is 10.0 Å². The number of sulfonamides is 1. The van der Waals surface area contributed by atoms with E-state index in [1.165, 1.54) is 13.1 Å². The molecule has 0 fully saturated rings. The summed E-state index contributed by atoms with van der Waals surface area (Å²) >= 11 is 1.13. The Kier molecular flexibility index (Phi) is 5.89. The van der Waals surface area contributed by atoms with Gasteiger partial charge < -0.3 is 5.32 Å². The summed E-state index contributed by atoms with van der Waals surface area (Å²) in [7, 11) is -2.27. The van der Waals surface area contributed by atoms with Gasteiger partial charge in [0.15, 0.2) is 0 Å². The van der Waals surface area contributed by atoms with Crippen molar-refractivity contribution in [3.8, 4) is 0 Å². The van der Waals surface area contributed by atoms with Gasteiger partial charge >= 0.3 is 0 Å². The number of carbonyl (C=O) groups is 1. The summed E-state index contributed by atoms with van der Waals surface area (Å²) in [5.74, 6) is 0.142. The number of nitrogens with one attached hydrogen (secondary N) is 1. The molecule has 0 aliphatic carbocycles. The fourth-order valence-corrected chi connectivity index (χ4v) is 4.71. The largest absolute Gasteiger partial charge is 0.310 e. The lowest BCUT2D eigenvalue weighted by Gasteiger charge is -2.23. The molecule has 7 nitrogen and oxygen atoms in total. The van der Waals surface area contributed by atoms with Gasteiger partial charge in [-0.25, -0.2) is 13.1 Å². The first-order valence-corrected chi connectivity index (χ1v) is 11.0. The van der Waals surface area contributed by atoms with Crippen LogP contribution in [0.3, 0.4) is 0 Å². The number of carbonyl (C=O) groups excluding carboxylic acids is 1. The zero-order valence-electron chi connectivity index (χ0n) is 16.9. The minimum Gasteiger partial charge on any atom is -0.310 e. The quantitative estimate of drug-likeness (QED) is 0.817. The average molecular weight is 413 g/mol. The van der Waals surface area contributed by atoms with Gasteiger partial charge in [-0.15, -0.1) is 11.3 Å². The lowest BCUT2D eigenvalue weighted by atomic mass is 9.92. The summed E-state index contributed by atoms with van der Waals surface area (Å²) in [6.45, 7) is 11.9. The summed E-state index contributed by atoms with van der Waals surface area (Å²) in [6, 6.07) is 5.04. The maximum atomic E-state index is 12.5. The van der Waals surface area contributed by atoms with Crippen LogP contribution in [0, 0.1) is 0 Å². The van der Waals surface area contributed by atoms with Gasteiger partial charge in [0.05, 0.1) is 17.8 Å². The van der Waals surface area contributed by atoms with E-state index in [1.54, 1.807) is 16.1 Å². The van der Waals surface area contributed by atoms with E-state index < -0.39 is 15.9 Å². The van der Waals surface area contributed by atoms with Crippen molar-refractivity contribution in [2.24, 2.45) is 0 Å². The third-order valence-corrected chi connectivity index (χ3v) is 7.08. The number of likely N-dealkylation sites (N-methyl/N-ethyl adjacent to an activating group) is 1. The lowest BCUT2D eigenvalue weighted by molar-refractivity contribution is -0.116. The van der Waals surface area contributed by atoms with Crippen LogP contribution >= 0.6 is 11.3 Å². The molecule has 150 valence electrons. The first-order chi connectivity index (χ1) is 12.2. The second kappa shape index (κ2) is 7.37. The molecule has 2 heterocycles. The average Bonchev–Trinajstić information content (AvgIpc) is 3.14. The van der Waals surface area contributed by atoms with E-state index in [4.69, 9.17) is 0 Å². The predicted octanol–water partition coefficient (Wildman–Crippen LogP) is 3.26. The molecule has 2 aromatic rings. The number of aromatic nitrogens is 2. The van der Waals surface area contributed by atoms with Gasteiger partial charge in [-0.3, -0.25) is 4.79 Å². The smallest absolute Gasteiger partial charge is 0.252 e. The fourth-order valence-electron chi connectivity index (χ4n) is 2.38. The molecule has 1 amide bonds. The van der Waals surface area contributed by atoms with Crippen molar-refractivity contribution < 1.29 is 13.2 Å². The van der Waals surface area contributed by atoms with Crippen molar-refractivity contribution >= 4 is 33.1 Å². The molecule has 0 saturated heterocycles. The molecule has 9 heteroatoms. The highest BCUT2D eigenvalue weighted by atomic mass is 32.2. The number of rotatable bonds is 5. The van der Waals surface area contributed by atoms with E-state index in [0.29, 0.717) is 5.82 Å². The summed E-state index contributed by atoms with van der Waals surface area (Å²) in [5.41, 5.74) is 0.350. The molecule has 0 unspecified atom stereocenters. The molecule has 1 N–H and O–H groups in total. The Labute approximate surface area is 165 Å². The molecule has 0 aliphatic rings. The maximum Gasteiger partial charge on any atom is 0.252 e. The number of amides is 1. The third kappa shape index (κ3) is 4.97. The number of nitrogens with zero attached hydrogens (tertiary/aromatic N) is 3. The highest BCUT2D eigenvalue weighted by Gasteiger charge is 2.27. The van der Waals surface area contributed by atoms with Crippen molar-refractivity contribution in [3.05, 3.63) is 29.3 Å². The van der Waals surface area contributed by atoms with Crippen LogP contribution in [-0.2, 0) is 25.8 Å². The van der Waals surface area contributed by atoms with Crippen molar-refractivity contribution in [1.29, 1.82) is 0 Å². The molecule has 0 radical (unpaired) electrons. The molecule has 0 aromatic carbocycles. The molecule has 0 atom stereocenters. The van der Waals surface area contributed by atoms with Crippen LogP contribution in [0.15, 0.2) is 27.8 Å². The van der Waals surface area contributed by atoms with Crippen LogP contribution in [-0.4, -0.2) is 42.0 Å². The Balaban J connectivity index is 2.22. The van der Waals surface area contributed by atoms with Crippen molar-refractivity contribution in [3.63, 3.8) is 0 Å². The van der Waals surface area contributed by atoms with Crippen molar-refractivity contribution in [2.75, 3.05) is 18.9 Å². The number of hydrogen-bond acceptors (Lipinski definition) is 5. The minimum atomic E-state index is -3.67.